The summed E-state index contributed by atoms with van der Waals surface area (Å²) in [5.41, 5.74) is -0.675. The summed E-state index contributed by atoms with van der Waals surface area (Å²) < 4.78 is 1.86. The van der Waals surface area contributed by atoms with E-state index in [1.165, 1.54) is 0 Å². The van der Waals surface area contributed by atoms with E-state index >= 15 is 0 Å². The zero-order valence-electron chi connectivity index (χ0n) is 9.93. The van der Waals surface area contributed by atoms with E-state index in [0.29, 0.717) is 13.1 Å². The first-order valence-corrected chi connectivity index (χ1v) is 5.20. The van der Waals surface area contributed by atoms with E-state index in [9.17, 15) is 5.11 Å². The fourth-order valence-electron chi connectivity index (χ4n) is 1.63. The van der Waals surface area contributed by atoms with E-state index in [0.717, 1.165) is 12.4 Å². The molecule has 86 valence electrons. The van der Waals surface area contributed by atoms with Crippen LogP contribution >= 0.6 is 0 Å². The van der Waals surface area contributed by atoms with E-state index in [1.54, 1.807) is 20.2 Å². The standard InChI is InChI=1S/C10H20N4O/c1-5-14-9(11-8-12-14)6-13(4)7-10(2,3)15/h8,15H,5-7H2,1-4H3. The molecule has 1 rings (SSSR count). The molecule has 0 radical (unpaired) electrons. The van der Waals surface area contributed by atoms with Gasteiger partial charge in [-0.25, -0.2) is 9.67 Å². The van der Waals surface area contributed by atoms with Crippen LogP contribution in [0, 0.1) is 0 Å². The van der Waals surface area contributed by atoms with Crippen LogP contribution < -0.4 is 0 Å². The molecule has 0 aromatic carbocycles. The van der Waals surface area contributed by atoms with E-state index in [4.69, 9.17) is 0 Å². The molecule has 0 saturated carbocycles. The first-order chi connectivity index (χ1) is 6.92. The molecule has 1 aromatic heterocycles. The lowest BCUT2D eigenvalue weighted by Gasteiger charge is -2.24. The topological polar surface area (TPSA) is 54.2 Å². The van der Waals surface area contributed by atoms with Crippen molar-refractivity contribution >= 4 is 0 Å². The lowest BCUT2D eigenvalue weighted by Crippen LogP contribution is -2.36. The summed E-state index contributed by atoms with van der Waals surface area (Å²) >= 11 is 0. The zero-order valence-corrected chi connectivity index (χ0v) is 9.93. The van der Waals surface area contributed by atoms with Crippen LogP contribution in [0.25, 0.3) is 0 Å². The summed E-state index contributed by atoms with van der Waals surface area (Å²) in [5.74, 6) is 0.934. The minimum Gasteiger partial charge on any atom is -0.389 e. The van der Waals surface area contributed by atoms with Crippen LogP contribution in [0.3, 0.4) is 0 Å². The molecule has 0 aliphatic carbocycles. The Hall–Kier alpha value is -0.940. The number of hydrogen-bond acceptors (Lipinski definition) is 4. The summed E-state index contributed by atoms with van der Waals surface area (Å²) in [7, 11) is 1.96. The van der Waals surface area contributed by atoms with Gasteiger partial charge in [0, 0.05) is 13.1 Å². The molecule has 1 N–H and O–H groups in total. The molecule has 5 heteroatoms. The van der Waals surface area contributed by atoms with Gasteiger partial charge in [0.2, 0.25) is 0 Å². The van der Waals surface area contributed by atoms with Crippen LogP contribution in [-0.4, -0.2) is 44.0 Å². The Balaban J connectivity index is 2.55. The van der Waals surface area contributed by atoms with E-state index in [2.05, 4.69) is 10.1 Å². The Kier molecular flexibility index (Phi) is 3.82. The smallest absolute Gasteiger partial charge is 0.140 e. The average Bonchev–Trinajstić information content (AvgIpc) is 2.48. The van der Waals surface area contributed by atoms with Gasteiger partial charge in [-0.05, 0) is 27.8 Å². The molecule has 0 amide bonds. The second-order valence-corrected chi connectivity index (χ2v) is 4.48. The molecule has 0 bridgehead atoms. The van der Waals surface area contributed by atoms with Gasteiger partial charge in [-0.2, -0.15) is 5.10 Å². The fraction of sp³-hybridized carbons (Fsp3) is 0.800. The van der Waals surface area contributed by atoms with Crippen molar-refractivity contribution in [2.45, 2.75) is 39.5 Å². The van der Waals surface area contributed by atoms with E-state index in [-0.39, 0.29) is 0 Å². The molecular weight excluding hydrogens is 192 g/mol. The molecule has 0 unspecified atom stereocenters. The Bertz CT molecular complexity index is 303. The average molecular weight is 212 g/mol. The highest BCUT2D eigenvalue weighted by atomic mass is 16.3. The quantitative estimate of drug-likeness (QED) is 0.772. The van der Waals surface area contributed by atoms with Crippen molar-refractivity contribution in [3.8, 4) is 0 Å². The molecule has 0 atom stereocenters. The highest BCUT2D eigenvalue weighted by Crippen LogP contribution is 2.06. The minimum atomic E-state index is -0.675. The molecule has 0 aliphatic rings. The van der Waals surface area contributed by atoms with Gasteiger partial charge in [-0.1, -0.05) is 0 Å². The highest BCUT2D eigenvalue weighted by molar-refractivity contribution is 4.85. The van der Waals surface area contributed by atoms with Crippen molar-refractivity contribution < 1.29 is 5.11 Å². The van der Waals surface area contributed by atoms with E-state index in [1.807, 2.05) is 23.6 Å². The van der Waals surface area contributed by atoms with Gasteiger partial charge in [0.25, 0.3) is 0 Å². The molecule has 1 aromatic rings. The summed E-state index contributed by atoms with van der Waals surface area (Å²) in [6.07, 6.45) is 1.57. The normalized spacial score (nSPS) is 12.4. The highest BCUT2D eigenvalue weighted by Gasteiger charge is 2.16. The van der Waals surface area contributed by atoms with Crippen molar-refractivity contribution in [2.24, 2.45) is 0 Å². The largest absolute Gasteiger partial charge is 0.389 e. The van der Waals surface area contributed by atoms with Crippen molar-refractivity contribution in [1.82, 2.24) is 19.7 Å². The molecule has 5 nitrogen and oxygen atoms in total. The monoisotopic (exact) mass is 212 g/mol. The van der Waals surface area contributed by atoms with E-state index < -0.39 is 5.60 Å². The number of rotatable bonds is 5. The second-order valence-electron chi connectivity index (χ2n) is 4.48. The number of aromatic nitrogens is 3. The summed E-state index contributed by atoms with van der Waals surface area (Å²) in [6.45, 7) is 7.78. The Morgan fingerprint density at radius 1 is 1.53 bits per heavy atom. The molecule has 0 saturated heterocycles. The van der Waals surface area contributed by atoms with Crippen LogP contribution in [0.5, 0.6) is 0 Å². The second kappa shape index (κ2) is 4.72. The third-order valence-electron chi connectivity index (χ3n) is 2.06. The van der Waals surface area contributed by atoms with Gasteiger partial charge in [0.1, 0.15) is 12.2 Å². The first-order valence-electron chi connectivity index (χ1n) is 5.20. The molecule has 15 heavy (non-hydrogen) atoms. The summed E-state index contributed by atoms with van der Waals surface area (Å²) in [4.78, 5) is 6.22. The van der Waals surface area contributed by atoms with Crippen molar-refractivity contribution in [2.75, 3.05) is 13.6 Å². The summed E-state index contributed by atoms with van der Waals surface area (Å²) in [6, 6.07) is 0. The number of nitrogens with zero attached hydrogens (tertiary/aromatic N) is 4. The number of hydrogen-bond donors (Lipinski definition) is 1. The van der Waals surface area contributed by atoms with Gasteiger partial charge < -0.3 is 5.11 Å². The lowest BCUT2D eigenvalue weighted by molar-refractivity contribution is 0.0414. The first kappa shape index (κ1) is 12.1. The van der Waals surface area contributed by atoms with Crippen molar-refractivity contribution in [1.29, 1.82) is 0 Å². The van der Waals surface area contributed by atoms with Crippen LogP contribution in [0.1, 0.15) is 26.6 Å². The van der Waals surface area contributed by atoms with Crippen LogP contribution in [0.2, 0.25) is 0 Å². The molecule has 0 fully saturated rings. The SMILES string of the molecule is CCn1ncnc1CN(C)CC(C)(C)O. The van der Waals surface area contributed by atoms with Gasteiger partial charge in [-0.3, -0.25) is 4.90 Å². The van der Waals surface area contributed by atoms with Gasteiger partial charge in [0.05, 0.1) is 12.1 Å². The van der Waals surface area contributed by atoms with Crippen molar-refractivity contribution in [3.05, 3.63) is 12.2 Å². The number of likely N-dealkylation sites (N-methyl/N-ethyl adjacent to an activating group) is 1. The Morgan fingerprint density at radius 2 is 2.20 bits per heavy atom. The summed E-state index contributed by atoms with van der Waals surface area (Å²) in [5, 5.41) is 13.8. The predicted molar refractivity (Wildman–Crippen MR) is 58.3 cm³/mol. The van der Waals surface area contributed by atoms with Crippen LogP contribution in [-0.2, 0) is 13.1 Å². The Morgan fingerprint density at radius 3 is 2.73 bits per heavy atom. The molecule has 0 spiro atoms. The maximum absolute atomic E-state index is 9.66. The molecular formula is C10H20N4O. The predicted octanol–water partition coefficient (Wildman–Crippen LogP) is 0.501. The van der Waals surface area contributed by atoms with Gasteiger partial charge in [0.15, 0.2) is 0 Å². The van der Waals surface area contributed by atoms with Crippen molar-refractivity contribution in [3.63, 3.8) is 0 Å². The fourth-order valence-corrected chi connectivity index (χ4v) is 1.63. The number of aryl methyl sites for hydroxylation is 1. The van der Waals surface area contributed by atoms with Crippen LogP contribution in [0.4, 0.5) is 0 Å². The Labute approximate surface area is 90.7 Å². The minimum absolute atomic E-state index is 0.615. The maximum Gasteiger partial charge on any atom is 0.140 e. The van der Waals surface area contributed by atoms with Crippen LogP contribution in [0.15, 0.2) is 6.33 Å². The maximum atomic E-state index is 9.66. The zero-order chi connectivity index (χ0) is 11.5. The lowest BCUT2D eigenvalue weighted by atomic mass is 10.1. The van der Waals surface area contributed by atoms with Gasteiger partial charge in [-0.15, -0.1) is 0 Å². The number of aliphatic hydroxyl groups is 1. The third-order valence-corrected chi connectivity index (χ3v) is 2.06. The molecule has 0 aliphatic heterocycles. The molecule has 1 heterocycles. The third kappa shape index (κ3) is 3.97. The van der Waals surface area contributed by atoms with Gasteiger partial charge >= 0.3 is 0 Å².